The van der Waals surface area contributed by atoms with Gasteiger partial charge in [-0.2, -0.15) is 0 Å². The van der Waals surface area contributed by atoms with Crippen LogP contribution < -0.4 is 5.32 Å². The molecular weight excluding hydrogens is 257 g/mol. The van der Waals surface area contributed by atoms with Crippen LogP contribution >= 0.6 is 0 Å². The lowest BCUT2D eigenvalue weighted by molar-refractivity contribution is 0.449. The van der Waals surface area contributed by atoms with Crippen molar-refractivity contribution in [3.8, 4) is 11.5 Å². The Balaban J connectivity index is 1.90. The molecule has 0 bridgehead atoms. The van der Waals surface area contributed by atoms with Gasteiger partial charge in [0.2, 0.25) is 0 Å². The Labute approximate surface area is 117 Å². The normalized spacial score (nSPS) is 12.3. The molecular formula is C16H18FNO2. The summed E-state index contributed by atoms with van der Waals surface area (Å²) in [6, 6.07) is 10.8. The fourth-order valence-corrected chi connectivity index (χ4v) is 2.08. The van der Waals surface area contributed by atoms with Crippen LogP contribution in [0.2, 0.25) is 0 Å². The highest BCUT2D eigenvalue weighted by Gasteiger charge is 2.10. The van der Waals surface area contributed by atoms with Crippen molar-refractivity contribution in [2.45, 2.75) is 19.4 Å². The molecule has 1 unspecified atom stereocenters. The van der Waals surface area contributed by atoms with E-state index in [1.165, 1.54) is 18.2 Å². The van der Waals surface area contributed by atoms with E-state index in [-0.39, 0.29) is 23.4 Å². The van der Waals surface area contributed by atoms with Crippen LogP contribution in [0.5, 0.6) is 11.5 Å². The van der Waals surface area contributed by atoms with Crippen LogP contribution in [0.3, 0.4) is 0 Å². The zero-order chi connectivity index (χ0) is 14.5. The van der Waals surface area contributed by atoms with E-state index in [0.717, 1.165) is 12.0 Å². The van der Waals surface area contributed by atoms with Gasteiger partial charge in [-0.1, -0.05) is 12.1 Å². The molecule has 1 atom stereocenters. The third kappa shape index (κ3) is 3.71. The summed E-state index contributed by atoms with van der Waals surface area (Å²) in [5, 5.41) is 22.2. The number of halogens is 1. The smallest absolute Gasteiger partial charge is 0.123 e. The topological polar surface area (TPSA) is 52.5 Å². The molecule has 3 nitrogen and oxygen atoms in total. The van der Waals surface area contributed by atoms with Gasteiger partial charge in [0.05, 0.1) is 0 Å². The molecule has 2 aromatic carbocycles. The van der Waals surface area contributed by atoms with Gasteiger partial charge in [0, 0.05) is 11.6 Å². The van der Waals surface area contributed by atoms with Crippen molar-refractivity contribution in [2.24, 2.45) is 0 Å². The van der Waals surface area contributed by atoms with E-state index < -0.39 is 0 Å². The molecule has 0 heterocycles. The minimum atomic E-state index is -0.356. The second-order valence-corrected chi connectivity index (χ2v) is 4.80. The van der Waals surface area contributed by atoms with Gasteiger partial charge in [0.25, 0.3) is 0 Å². The van der Waals surface area contributed by atoms with Gasteiger partial charge in [-0.25, -0.2) is 4.39 Å². The number of rotatable bonds is 5. The average Bonchev–Trinajstić information content (AvgIpc) is 2.43. The highest BCUT2D eigenvalue weighted by Crippen LogP contribution is 2.24. The lowest BCUT2D eigenvalue weighted by Gasteiger charge is -2.15. The molecule has 0 saturated heterocycles. The van der Waals surface area contributed by atoms with Gasteiger partial charge in [0.1, 0.15) is 17.3 Å². The first kappa shape index (κ1) is 14.3. The molecule has 0 aliphatic heterocycles. The molecule has 2 aromatic rings. The molecule has 0 saturated carbocycles. The average molecular weight is 275 g/mol. The van der Waals surface area contributed by atoms with E-state index >= 15 is 0 Å². The Bertz CT molecular complexity index is 569. The molecule has 0 fully saturated rings. The number of hydrogen-bond acceptors (Lipinski definition) is 3. The van der Waals surface area contributed by atoms with Gasteiger partial charge in [-0.3, -0.25) is 0 Å². The number of phenolic OH excluding ortho intramolecular Hbond substituents is 2. The number of benzene rings is 2. The molecule has 0 amide bonds. The molecule has 4 heteroatoms. The van der Waals surface area contributed by atoms with Gasteiger partial charge in [-0.15, -0.1) is 0 Å². The predicted molar refractivity (Wildman–Crippen MR) is 76.3 cm³/mol. The van der Waals surface area contributed by atoms with Crippen molar-refractivity contribution in [3.63, 3.8) is 0 Å². The Kier molecular flexibility index (Phi) is 4.58. The summed E-state index contributed by atoms with van der Waals surface area (Å²) in [6.45, 7) is 2.58. The van der Waals surface area contributed by atoms with Crippen molar-refractivity contribution in [1.29, 1.82) is 0 Å². The molecule has 0 spiro atoms. The van der Waals surface area contributed by atoms with E-state index in [1.807, 2.05) is 19.1 Å². The maximum absolute atomic E-state index is 13.2. The molecule has 0 radical (unpaired) electrons. The third-order valence-corrected chi connectivity index (χ3v) is 3.26. The second kappa shape index (κ2) is 6.39. The highest BCUT2D eigenvalue weighted by molar-refractivity contribution is 5.35. The standard InChI is InChI=1S/C16H18FNO2/c1-11(15-10-13(17)4-7-16(15)20)18-9-8-12-2-5-14(19)6-3-12/h2-7,10-11,18-20H,8-9H2,1H3. The van der Waals surface area contributed by atoms with Gasteiger partial charge in [-0.05, 0) is 55.8 Å². The Morgan fingerprint density at radius 3 is 2.50 bits per heavy atom. The molecule has 0 aromatic heterocycles. The molecule has 0 aliphatic rings. The lowest BCUT2D eigenvalue weighted by atomic mass is 10.1. The van der Waals surface area contributed by atoms with Gasteiger partial charge < -0.3 is 15.5 Å². The quantitative estimate of drug-likeness (QED) is 0.785. The Hall–Kier alpha value is -2.07. The number of hydrogen-bond donors (Lipinski definition) is 3. The van der Waals surface area contributed by atoms with Gasteiger partial charge >= 0.3 is 0 Å². The minimum Gasteiger partial charge on any atom is -0.508 e. The van der Waals surface area contributed by atoms with E-state index in [4.69, 9.17) is 0 Å². The predicted octanol–water partition coefficient (Wildman–Crippen LogP) is 3.13. The largest absolute Gasteiger partial charge is 0.508 e. The lowest BCUT2D eigenvalue weighted by Crippen LogP contribution is -2.21. The first-order valence-corrected chi connectivity index (χ1v) is 6.56. The fraction of sp³-hybridized carbons (Fsp3) is 0.250. The van der Waals surface area contributed by atoms with Crippen molar-refractivity contribution >= 4 is 0 Å². The summed E-state index contributed by atoms with van der Waals surface area (Å²) in [7, 11) is 0. The van der Waals surface area contributed by atoms with Crippen LogP contribution in [-0.2, 0) is 6.42 Å². The van der Waals surface area contributed by atoms with Crippen LogP contribution in [0, 0.1) is 5.82 Å². The Morgan fingerprint density at radius 1 is 1.10 bits per heavy atom. The summed E-state index contributed by atoms with van der Waals surface area (Å²) in [6.07, 6.45) is 0.792. The molecule has 0 aliphatic carbocycles. The zero-order valence-corrected chi connectivity index (χ0v) is 11.3. The van der Waals surface area contributed by atoms with Crippen LogP contribution in [-0.4, -0.2) is 16.8 Å². The van der Waals surface area contributed by atoms with Crippen molar-refractivity contribution in [3.05, 3.63) is 59.4 Å². The van der Waals surface area contributed by atoms with E-state index in [1.54, 1.807) is 12.1 Å². The monoisotopic (exact) mass is 275 g/mol. The summed E-state index contributed by atoms with van der Waals surface area (Å²) < 4.78 is 13.2. The van der Waals surface area contributed by atoms with Crippen molar-refractivity contribution in [1.82, 2.24) is 5.32 Å². The summed E-state index contributed by atoms with van der Waals surface area (Å²) in [5.41, 5.74) is 1.65. The maximum atomic E-state index is 13.2. The summed E-state index contributed by atoms with van der Waals surface area (Å²) in [5.74, 6) is -0.0132. The minimum absolute atomic E-state index is 0.0935. The number of nitrogens with one attached hydrogen (secondary N) is 1. The first-order chi connectivity index (χ1) is 9.56. The second-order valence-electron chi connectivity index (χ2n) is 4.80. The summed E-state index contributed by atoms with van der Waals surface area (Å²) in [4.78, 5) is 0. The zero-order valence-electron chi connectivity index (χ0n) is 11.3. The molecule has 106 valence electrons. The highest BCUT2D eigenvalue weighted by atomic mass is 19.1. The first-order valence-electron chi connectivity index (χ1n) is 6.56. The summed E-state index contributed by atoms with van der Waals surface area (Å²) >= 11 is 0. The van der Waals surface area contributed by atoms with E-state index in [9.17, 15) is 14.6 Å². The van der Waals surface area contributed by atoms with Crippen LogP contribution in [0.1, 0.15) is 24.1 Å². The van der Waals surface area contributed by atoms with E-state index in [2.05, 4.69) is 5.32 Å². The third-order valence-electron chi connectivity index (χ3n) is 3.26. The number of phenols is 2. The number of aromatic hydroxyl groups is 2. The van der Waals surface area contributed by atoms with Crippen LogP contribution in [0.25, 0.3) is 0 Å². The maximum Gasteiger partial charge on any atom is 0.123 e. The molecule has 2 rings (SSSR count). The molecule has 20 heavy (non-hydrogen) atoms. The van der Waals surface area contributed by atoms with Crippen molar-refractivity contribution in [2.75, 3.05) is 6.54 Å². The van der Waals surface area contributed by atoms with E-state index in [0.29, 0.717) is 12.1 Å². The van der Waals surface area contributed by atoms with Crippen LogP contribution in [0.15, 0.2) is 42.5 Å². The van der Waals surface area contributed by atoms with Crippen molar-refractivity contribution < 1.29 is 14.6 Å². The Morgan fingerprint density at radius 2 is 1.80 bits per heavy atom. The SMILES string of the molecule is CC(NCCc1ccc(O)cc1)c1cc(F)ccc1O. The molecule has 3 N–H and O–H groups in total. The van der Waals surface area contributed by atoms with Crippen LogP contribution in [0.4, 0.5) is 4.39 Å². The fourth-order valence-electron chi connectivity index (χ4n) is 2.08. The van der Waals surface area contributed by atoms with Gasteiger partial charge in [0.15, 0.2) is 0 Å².